The van der Waals surface area contributed by atoms with Crippen molar-refractivity contribution < 1.29 is 4.79 Å². The van der Waals surface area contributed by atoms with Gasteiger partial charge < -0.3 is 15.1 Å². The molecule has 2 rings (SSSR count). The Bertz CT molecular complexity index is 797. The van der Waals surface area contributed by atoms with E-state index in [4.69, 9.17) is 0 Å². The van der Waals surface area contributed by atoms with Crippen LogP contribution in [0.1, 0.15) is 34.0 Å². The lowest BCUT2D eigenvalue weighted by Gasteiger charge is -2.22. The number of hydrogen-bond acceptors (Lipinski definition) is 2. The molecule has 0 unspecified atom stereocenters. The van der Waals surface area contributed by atoms with Gasteiger partial charge in [-0.1, -0.05) is 43.3 Å². The second-order valence-electron chi connectivity index (χ2n) is 7.15. The standard InChI is InChI=1S/C23H32N4O/c1-6-18-10-12-20(13-11-18)17-27(5)23(24-2)25-15-14-19-8-7-9-21(16-19)22(28)26(3)4/h7-13,16H,6,14-15,17H2,1-5H3,(H,24,25). The number of benzene rings is 2. The first-order chi connectivity index (χ1) is 13.4. The topological polar surface area (TPSA) is 47.9 Å². The lowest BCUT2D eigenvalue weighted by Crippen LogP contribution is -2.39. The van der Waals surface area contributed by atoms with E-state index in [2.05, 4.69) is 52.5 Å². The van der Waals surface area contributed by atoms with E-state index in [0.29, 0.717) is 0 Å². The first-order valence-corrected chi connectivity index (χ1v) is 9.74. The largest absolute Gasteiger partial charge is 0.356 e. The molecule has 2 aromatic carbocycles. The number of guanidine groups is 1. The number of nitrogens with zero attached hydrogens (tertiary/aromatic N) is 3. The van der Waals surface area contributed by atoms with Gasteiger partial charge in [0.25, 0.3) is 5.91 Å². The molecular weight excluding hydrogens is 348 g/mol. The van der Waals surface area contributed by atoms with Crippen molar-refractivity contribution in [3.05, 3.63) is 70.8 Å². The normalized spacial score (nSPS) is 11.2. The highest BCUT2D eigenvalue weighted by molar-refractivity contribution is 5.94. The molecule has 1 amide bonds. The Morgan fingerprint density at radius 2 is 1.68 bits per heavy atom. The molecule has 150 valence electrons. The predicted octanol–water partition coefficient (Wildman–Crippen LogP) is 3.20. The third kappa shape index (κ3) is 6.12. The highest BCUT2D eigenvalue weighted by atomic mass is 16.2. The fourth-order valence-electron chi connectivity index (χ4n) is 3.05. The van der Waals surface area contributed by atoms with Crippen molar-refractivity contribution in [2.24, 2.45) is 4.99 Å². The Morgan fingerprint density at radius 3 is 2.29 bits per heavy atom. The molecular formula is C23H32N4O. The van der Waals surface area contributed by atoms with Gasteiger partial charge in [-0.3, -0.25) is 9.79 Å². The fraction of sp³-hybridized carbons (Fsp3) is 0.391. The molecule has 0 aromatic heterocycles. The van der Waals surface area contributed by atoms with Crippen molar-refractivity contribution in [3.63, 3.8) is 0 Å². The molecule has 0 bridgehead atoms. The van der Waals surface area contributed by atoms with Crippen LogP contribution in [0.4, 0.5) is 0 Å². The van der Waals surface area contributed by atoms with Crippen molar-refractivity contribution in [1.82, 2.24) is 15.1 Å². The zero-order valence-corrected chi connectivity index (χ0v) is 17.7. The highest BCUT2D eigenvalue weighted by Crippen LogP contribution is 2.09. The molecule has 2 aromatic rings. The summed E-state index contributed by atoms with van der Waals surface area (Å²) < 4.78 is 0. The molecule has 0 saturated heterocycles. The van der Waals surface area contributed by atoms with Crippen LogP contribution in [0.5, 0.6) is 0 Å². The van der Waals surface area contributed by atoms with Crippen LogP contribution in [0.15, 0.2) is 53.5 Å². The average Bonchev–Trinajstić information content (AvgIpc) is 2.71. The van der Waals surface area contributed by atoms with Gasteiger partial charge in [0, 0.05) is 46.8 Å². The summed E-state index contributed by atoms with van der Waals surface area (Å²) in [7, 11) is 7.38. The number of nitrogens with one attached hydrogen (secondary N) is 1. The van der Waals surface area contributed by atoms with E-state index in [-0.39, 0.29) is 5.91 Å². The molecule has 0 saturated carbocycles. The maximum Gasteiger partial charge on any atom is 0.253 e. The molecule has 1 N–H and O–H groups in total. The van der Waals surface area contributed by atoms with E-state index in [1.807, 2.05) is 25.2 Å². The number of carbonyl (C=O) groups is 1. The fourth-order valence-corrected chi connectivity index (χ4v) is 3.05. The van der Waals surface area contributed by atoms with E-state index in [1.54, 1.807) is 26.0 Å². The monoisotopic (exact) mass is 380 g/mol. The quantitative estimate of drug-likeness (QED) is 0.593. The molecule has 5 heteroatoms. The number of hydrogen-bond donors (Lipinski definition) is 1. The minimum atomic E-state index is 0.0273. The molecule has 0 aliphatic heterocycles. The number of rotatable bonds is 7. The van der Waals surface area contributed by atoms with Crippen LogP contribution < -0.4 is 5.32 Å². The lowest BCUT2D eigenvalue weighted by molar-refractivity contribution is 0.0827. The van der Waals surface area contributed by atoms with Crippen molar-refractivity contribution in [2.45, 2.75) is 26.3 Å². The predicted molar refractivity (Wildman–Crippen MR) is 117 cm³/mol. The molecule has 0 spiro atoms. The summed E-state index contributed by atoms with van der Waals surface area (Å²) in [6.45, 7) is 3.72. The van der Waals surface area contributed by atoms with Crippen LogP contribution in [0.3, 0.4) is 0 Å². The maximum atomic E-state index is 12.1. The molecule has 0 radical (unpaired) electrons. The molecule has 0 heterocycles. The first kappa shape index (κ1) is 21.5. The second-order valence-corrected chi connectivity index (χ2v) is 7.15. The van der Waals surface area contributed by atoms with Crippen LogP contribution in [0, 0.1) is 0 Å². The molecule has 0 aliphatic carbocycles. The molecule has 28 heavy (non-hydrogen) atoms. The van der Waals surface area contributed by atoms with Crippen molar-refractivity contribution >= 4 is 11.9 Å². The van der Waals surface area contributed by atoms with Gasteiger partial charge in [-0.15, -0.1) is 0 Å². The Morgan fingerprint density at radius 1 is 1.00 bits per heavy atom. The average molecular weight is 381 g/mol. The van der Waals surface area contributed by atoms with E-state index in [9.17, 15) is 4.79 Å². The summed E-state index contributed by atoms with van der Waals surface area (Å²) in [6, 6.07) is 16.5. The van der Waals surface area contributed by atoms with Crippen LogP contribution in [-0.2, 0) is 19.4 Å². The SMILES string of the molecule is CCc1ccc(CN(C)C(=NC)NCCc2cccc(C(=O)N(C)C)c2)cc1. The van der Waals surface area contributed by atoms with Gasteiger partial charge in [-0.2, -0.15) is 0 Å². The molecule has 0 atom stereocenters. The Labute approximate surface area is 169 Å². The minimum Gasteiger partial charge on any atom is -0.356 e. The van der Waals surface area contributed by atoms with E-state index < -0.39 is 0 Å². The Kier molecular flexibility index (Phi) is 8.05. The van der Waals surface area contributed by atoms with Crippen LogP contribution in [0.25, 0.3) is 0 Å². The van der Waals surface area contributed by atoms with Crippen molar-refractivity contribution in [1.29, 1.82) is 0 Å². The molecule has 0 fully saturated rings. The number of aryl methyl sites for hydroxylation is 1. The van der Waals surface area contributed by atoms with E-state index >= 15 is 0 Å². The van der Waals surface area contributed by atoms with Gasteiger partial charge in [0.2, 0.25) is 0 Å². The smallest absolute Gasteiger partial charge is 0.253 e. The summed E-state index contributed by atoms with van der Waals surface area (Å²) in [5.74, 6) is 0.888. The summed E-state index contributed by atoms with van der Waals surface area (Å²) in [5.41, 5.74) is 4.47. The van der Waals surface area contributed by atoms with Crippen LogP contribution >= 0.6 is 0 Å². The van der Waals surface area contributed by atoms with E-state index in [0.717, 1.165) is 43.0 Å². The van der Waals surface area contributed by atoms with Gasteiger partial charge in [0.15, 0.2) is 5.96 Å². The summed E-state index contributed by atoms with van der Waals surface area (Å²) in [5, 5.41) is 3.41. The number of carbonyl (C=O) groups excluding carboxylic acids is 1. The molecule has 5 nitrogen and oxygen atoms in total. The van der Waals surface area contributed by atoms with Gasteiger partial charge >= 0.3 is 0 Å². The van der Waals surface area contributed by atoms with Gasteiger partial charge in [-0.25, -0.2) is 0 Å². The zero-order chi connectivity index (χ0) is 20.5. The lowest BCUT2D eigenvalue weighted by atomic mass is 10.1. The Balaban J connectivity index is 1.89. The maximum absolute atomic E-state index is 12.1. The van der Waals surface area contributed by atoms with Gasteiger partial charge in [0.1, 0.15) is 0 Å². The summed E-state index contributed by atoms with van der Waals surface area (Å²) in [4.78, 5) is 20.2. The van der Waals surface area contributed by atoms with Crippen molar-refractivity contribution in [2.75, 3.05) is 34.7 Å². The number of amides is 1. The van der Waals surface area contributed by atoms with Crippen LogP contribution in [0.2, 0.25) is 0 Å². The van der Waals surface area contributed by atoms with Gasteiger partial charge in [-0.05, 0) is 41.7 Å². The third-order valence-electron chi connectivity index (χ3n) is 4.70. The van der Waals surface area contributed by atoms with Crippen molar-refractivity contribution in [3.8, 4) is 0 Å². The zero-order valence-electron chi connectivity index (χ0n) is 17.7. The molecule has 0 aliphatic rings. The third-order valence-corrected chi connectivity index (χ3v) is 4.70. The Hall–Kier alpha value is -2.82. The van der Waals surface area contributed by atoms with Gasteiger partial charge in [0.05, 0.1) is 0 Å². The first-order valence-electron chi connectivity index (χ1n) is 9.74. The second kappa shape index (κ2) is 10.5. The minimum absolute atomic E-state index is 0.0273. The van der Waals surface area contributed by atoms with E-state index in [1.165, 1.54) is 11.1 Å². The van der Waals surface area contributed by atoms with Crippen LogP contribution in [-0.4, -0.2) is 56.4 Å². The summed E-state index contributed by atoms with van der Waals surface area (Å²) in [6.07, 6.45) is 1.88. The number of aliphatic imine (C=N–C) groups is 1. The summed E-state index contributed by atoms with van der Waals surface area (Å²) >= 11 is 0. The highest BCUT2D eigenvalue weighted by Gasteiger charge is 2.09.